The van der Waals surface area contributed by atoms with Crippen LogP contribution in [0.2, 0.25) is 5.02 Å². The molecule has 3 saturated heterocycles. The Morgan fingerprint density at radius 1 is 0.283 bits per heavy atom. The fourth-order valence-corrected chi connectivity index (χ4v) is 12.4. The van der Waals surface area contributed by atoms with Crippen molar-refractivity contribution < 1.29 is 27.9 Å². The molecular weight excluding hydrogens is 1160 g/mol. The van der Waals surface area contributed by atoms with Crippen molar-refractivity contribution in [1.82, 2.24) is 9.13 Å². The quantitative estimate of drug-likeness (QED) is 0.125. The monoisotopic (exact) mass is 1230 g/mol. The summed E-state index contributed by atoms with van der Waals surface area (Å²) in [5.74, 6) is 0. The van der Waals surface area contributed by atoms with Crippen molar-refractivity contribution in [3.05, 3.63) is 260 Å². The van der Waals surface area contributed by atoms with Crippen LogP contribution < -0.4 is 15.3 Å². The minimum atomic E-state index is -0.476. The molecule has 0 radical (unpaired) electrons. The lowest BCUT2D eigenvalue weighted by Gasteiger charge is -2.32. The number of halogens is 1. The van der Waals surface area contributed by atoms with Crippen LogP contribution in [0.4, 0.5) is 34.1 Å². The van der Waals surface area contributed by atoms with Gasteiger partial charge < -0.3 is 46.9 Å². The third-order valence-corrected chi connectivity index (χ3v) is 19.7. The number of benzene rings is 10. The van der Waals surface area contributed by atoms with Crippen LogP contribution in [0.5, 0.6) is 0 Å². The molecule has 2 aromatic heterocycles. The highest BCUT2D eigenvalue weighted by Gasteiger charge is 2.64. The van der Waals surface area contributed by atoms with E-state index in [-0.39, 0.29) is 40.7 Å². The molecule has 0 atom stereocenters. The first kappa shape index (κ1) is 62.5. The van der Waals surface area contributed by atoms with Gasteiger partial charge in [-0.1, -0.05) is 133 Å². The van der Waals surface area contributed by atoms with Crippen LogP contribution in [-0.2, 0) is 27.9 Å². The second-order valence-electron chi connectivity index (χ2n) is 27.0. The second-order valence-corrected chi connectivity index (χ2v) is 27.5. The van der Waals surface area contributed by atoms with Crippen LogP contribution in [0.3, 0.4) is 0 Å². The minimum Gasteiger partial charge on any atom is -0.405 e. The number of hydrogen-bond acceptors (Lipinski definition) is 8. The summed E-state index contributed by atoms with van der Waals surface area (Å²) in [5.41, 5.74) is 12.5. The van der Waals surface area contributed by atoms with E-state index in [9.17, 15) is 0 Å². The molecule has 0 bridgehead atoms. The molecule has 0 saturated carbocycles. The van der Waals surface area contributed by atoms with Crippen molar-refractivity contribution in [1.29, 1.82) is 0 Å². The predicted octanol–water partition coefficient (Wildman–Crippen LogP) is 19.7. The molecule has 5 heterocycles. The van der Waals surface area contributed by atoms with E-state index in [2.05, 4.69) is 283 Å². The van der Waals surface area contributed by atoms with Crippen molar-refractivity contribution in [2.75, 3.05) is 9.80 Å². The van der Waals surface area contributed by atoms with Gasteiger partial charge in [-0.2, -0.15) is 0 Å². The van der Waals surface area contributed by atoms with Gasteiger partial charge in [0.15, 0.2) is 0 Å². The van der Waals surface area contributed by atoms with Crippen molar-refractivity contribution in [2.45, 2.75) is 117 Å². The molecule has 15 rings (SSSR count). The number of rotatable bonds is 10. The maximum Gasteiger partial charge on any atom is 0.494 e. The van der Waals surface area contributed by atoms with Gasteiger partial charge in [0.25, 0.3) is 0 Å². The lowest BCUT2D eigenvalue weighted by molar-refractivity contribution is 0.00578. The van der Waals surface area contributed by atoms with Gasteiger partial charge in [-0.3, -0.25) is 0 Å². The van der Waals surface area contributed by atoms with Gasteiger partial charge in [-0.25, -0.2) is 0 Å². The zero-order valence-corrected chi connectivity index (χ0v) is 55.4. The van der Waals surface area contributed by atoms with Gasteiger partial charge in [0, 0.05) is 72.1 Å². The van der Waals surface area contributed by atoms with Crippen molar-refractivity contribution >= 4 is 116 Å². The van der Waals surface area contributed by atoms with Crippen LogP contribution in [0.15, 0.2) is 255 Å². The Hall–Kier alpha value is -8.36. The minimum absolute atomic E-state index is 0.360. The molecule has 0 aliphatic carbocycles. The zero-order chi connectivity index (χ0) is 64.4. The molecule has 3 aliphatic heterocycles. The molecule has 3 fully saturated rings. The molecule has 0 N–H and O–H groups in total. The number of anilines is 6. The smallest absolute Gasteiger partial charge is 0.405 e. The summed E-state index contributed by atoms with van der Waals surface area (Å²) < 4.78 is 41.2. The van der Waals surface area contributed by atoms with Gasteiger partial charge in [0.2, 0.25) is 0 Å². The molecule has 12 aromatic rings. The van der Waals surface area contributed by atoms with Crippen molar-refractivity contribution in [3.63, 3.8) is 0 Å². The number of aromatic nitrogens is 2. The molecule has 0 spiro atoms. The number of nitrogens with zero attached hydrogens (tertiary/aromatic N) is 4. The number of fused-ring (bicyclic) bond motifs is 6. The Balaban J connectivity index is 0.000000135. The highest BCUT2D eigenvalue weighted by atomic mass is 35.5. The summed E-state index contributed by atoms with van der Waals surface area (Å²) in [6.07, 6.45) is 0. The Morgan fingerprint density at radius 3 is 0.935 bits per heavy atom. The standard InChI is InChI=1S/C36H33BN2O2.C30H21ClN2.C12H24B2O4/c1-35(2)36(3,4)41-37(40-35)26-19-21-29(22-20-26)38(27-13-7-5-8-14-27)30-23-24-34-32(25-30)31-17-11-12-18-33(31)39(34)28-15-9-6-10-16-28;31-22-15-17-25(18-16-22)32(23-9-3-1-4-10-23)26-19-20-30-28(21-26)27-13-7-8-14-29(27)33(30)24-11-5-2-6-12-24;1-9(2)10(3,4)16-13(15-9)14-17-11(5,6)12(7,8)18-14/h5-25H,1-4H3;1-21H;1-8H3. The van der Waals surface area contributed by atoms with E-state index in [1.165, 1.54) is 43.6 Å². The SMILES string of the molecule is CC1(C)OB(B2OC(C)(C)C(C)(C)O2)OC1(C)C.CC1(C)OB(c2ccc(N(c3ccccc3)c3ccc4c(c3)c3ccccc3n4-c3ccccc3)cc2)OC1(C)C.Clc1ccc(N(c2ccccc2)c2ccc3c(c2)c2ccccc2n3-c2ccccc2)cc1. The lowest BCUT2D eigenvalue weighted by atomic mass is 9.49. The Kier molecular flexibility index (Phi) is 16.5. The fraction of sp³-hybridized carbons (Fsp3) is 0.231. The summed E-state index contributed by atoms with van der Waals surface area (Å²) in [7, 11) is -1.34. The average molecular weight is 1240 g/mol. The average Bonchev–Trinajstić information content (AvgIpc) is 1.60. The molecule has 14 heteroatoms. The van der Waals surface area contributed by atoms with E-state index in [0.29, 0.717) is 0 Å². The summed E-state index contributed by atoms with van der Waals surface area (Å²) in [6.45, 7) is 24.6. The topological polar surface area (TPSA) is 71.7 Å². The van der Waals surface area contributed by atoms with E-state index in [1.807, 2.05) is 73.6 Å². The maximum atomic E-state index is 6.31. The summed E-state index contributed by atoms with van der Waals surface area (Å²) >= 11 is 6.19. The Labute approximate surface area is 547 Å². The molecule has 10 nitrogen and oxygen atoms in total. The fourth-order valence-electron chi connectivity index (χ4n) is 12.3. The van der Waals surface area contributed by atoms with Crippen LogP contribution in [-0.4, -0.2) is 63.9 Å². The zero-order valence-electron chi connectivity index (χ0n) is 54.6. The van der Waals surface area contributed by atoms with Crippen molar-refractivity contribution in [3.8, 4) is 11.4 Å². The Bertz CT molecular complexity index is 4500. The first-order valence-electron chi connectivity index (χ1n) is 31.8. The van der Waals surface area contributed by atoms with Gasteiger partial charge in [-0.15, -0.1) is 0 Å². The molecule has 462 valence electrons. The first-order valence-corrected chi connectivity index (χ1v) is 32.2. The largest absolute Gasteiger partial charge is 0.494 e. The molecule has 92 heavy (non-hydrogen) atoms. The molecule has 10 aromatic carbocycles. The molecule has 3 aliphatic rings. The lowest BCUT2D eigenvalue weighted by Crippen LogP contribution is -2.41. The summed E-state index contributed by atoms with van der Waals surface area (Å²) in [5, 5.41) is 5.64. The molecule has 0 amide bonds. The van der Waals surface area contributed by atoms with E-state index in [1.54, 1.807) is 0 Å². The van der Waals surface area contributed by atoms with E-state index >= 15 is 0 Å². The van der Waals surface area contributed by atoms with E-state index < -0.39 is 14.0 Å². The normalized spacial score (nSPS) is 17.4. The van der Waals surface area contributed by atoms with Crippen LogP contribution in [0.25, 0.3) is 55.0 Å². The van der Waals surface area contributed by atoms with E-state index in [0.717, 1.165) is 56.0 Å². The third-order valence-electron chi connectivity index (χ3n) is 19.4. The summed E-state index contributed by atoms with van der Waals surface area (Å²) in [6, 6.07) is 89.4. The van der Waals surface area contributed by atoms with Gasteiger partial charge in [0.1, 0.15) is 0 Å². The highest BCUT2D eigenvalue weighted by molar-refractivity contribution is 7.11. The maximum absolute atomic E-state index is 6.31. The van der Waals surface area contributed by atoms with Crippen LogP contribution in [0, 0.1) is 0 Å². The van der Waals surface area contributed by atoms with Gasteiger partial charge >= 0.3 is 21.1 Å². The van der Waals surface area contributed by atoms with Gasteiger partial charge in [0.05, 0.1) is 55.7 Å². The first-order chi connectivity index (χ1) is 44.0. The van der Waals surface area contributed by atoms with Crippen LogP contribution in [0.1, 0.15) is 83.1 Å². The second kappa shape index (κ2) is 24.3. The number of hydrogen-bond donors (Lipinski definition) is 0. The van der Waals surface area contributed by atoms with E-state index in [4.69, 9.17) is 39.5 Å². The predicted molar refractivity (Wildman–Crippen MR) is 384 cm³/mol. The molecular formula is C78H78B3ClN4O6. The summed E-state index contributed by atoms with van der Waals surface area (Å²) in [4.78, 5) is 4.58. The molecule has 0 unspecified atom stereocenters. The number of para-hydroxylation sites is 6. The highest BCUT2D eigenvalue weighted by Crippen LogP contribution is 2.45. The van der Waals surface area contributed by atoms with Gasteiger partial charge in [-0.05, 0) is 222 Å². The van der Waals surface area contributed by atoms with Crippen molar-refractivity contribution in [2.24, 2.45) is 0 Å². The van der Waals surface area contributed by atoms with Crippen LogP contribution >= 0.6 is 11.6 Å². The Morgan fingerprint density at radius 2 is 0.565 bits per heavy atom. The third kappa shape index (κ3) is 11.7.